The molecule has 0 spiro atoms. The number of carbonyl (C=O) groups is 1. The Morgan fingerprint density at radius 1 is 1.14 bits per heavy atom. The van der Waals surface area contributed by atoms with Gasteiger partial charge in [0.05, 0.1) is 11.9 Å². The van der Waals surface area contributed by atoms with E-state index in [2.05, 4.69) is 15.4 Å². The van der Waals surface area contributed by atoms with Crippen LogP contribution in [0.3, 0.4) is 0 Å². The summed E-state index contributed by atoms with van der Waals surface area (Å²) in [6.07, 6.45) is 4.50. The van der Waals surface area contributed by atoms with Crippen molar-refractivity contribution in [2.24, 2.45) is 0 Å². The maximum absolute atomic E-state index is 12.3. The Balaban J connectivity index is 1.98. The van der Waals surface area contributed by atoms with Crippen LogP contribution in [0.2, 0.25) is 0 Å². The van der Waals surface area contributed by atoms with Gasteiger partial charge in [-0.2, -0.15) is 10.4 Å². The van der Waals surface area contributed by atoms with Gasteiger partial charge in [-0.1, -0.05) is 18.2 Å². The number of aromatic nitrogens is 3. The van der Waals surface area contributed by atoms with Crippen LogP contribution in [0.25, 0.3) is 5.69 Å². The highest BCUT2D eigenvalue weighted by molar-refractivity contribution is 6.04. The second-order valence-corrected chi connectivity index (χ2v) is 4.46. The standard InChI is InChI=1S/C16H11N5O/c17-10-13-11-19-21(14-4-2-1-3-5-14)15(13)20-16(22)12-6-8-18-9-7-12/h1-9,11H,(H,20,22). The largest absolute Gasteiger partial charge is 0.305 e. The zero-order chi connectivity index (χ0) is 15.4. The van der Waals surface area contributed by atoms with Crippen molar-refractivity contribution in [2.75, 3.05) is 5.32 Å². The van der Waals surface area contributed by atoms with Crippen molar-refractivity contribution in [3.05, 3.63) is 72.2 Å². The quantitative estimate of drug-likeness (QED) is 0.802. The number of nitrogens with zero attached hydrogens (tertiary/aromatic N) is 4. The summed E-state index contributed by atoms with van der Waals surface area (Å²) in [5.74, 6) is 0.0205. The molecule has 2 aromatic heterocycles. The molecule has 0 atom stereocenters. The average molecular weight is 289 g/mol. The second kappa shape index (κ2) is 5.89. The summed E-state index contributed by atoms with van der Waals surface area (Å²) < 4.78 is 1.53. The first-order valence-corrected chi connectivity index (χ1v) is 6.54. The number of nitriles is 1. The minimum atomic E-state index is -0.323. The van der Waals surface area contributed by atoms with E-state index in [0.29, 0.717) is 16.9 Å². The highest BCUT2D eigenvalue weighted by atomic mass is 16.1. The summed E-state index contributed by atoms with van der Waals surface area (Å²) in [5, 5.41) is 16.1. The van der Waals surface area contributed by atoms with Gasteiger partial charge in [0.1, 0.15) is 11.6 Å². The third kappa shape index (κ3) is 2.55. The van der Waals surface area contributed by atoms with Crippen molar-refractivity contribution in [2.45, 2.75) is 0 Å². The minimum Gasteiger partial charge on any atom is -0.305 e. The van der Waals surface area contributed by atoms with Crippen molar-refractivity contribution in [1.29, 1.82) is 5.26 Å². The predicted molar refractivity (Wildman–Crippen MR) is 80.5 cm³/mol. The van der Waals surface area contributed by atoms with E-state index in [-0.39, 0.29) is 5.91 Å². The summed E-state index contributed by atoms with van der Waals surface area (Å²) >= 11 is 0. The van der Waals surface area contributed by atoms with Crippen LogP contribution in [0.15, 0.2) is 61.1 Å². The lowest BCUT2D eigenvalue weighted by atomic mass is 10.2. The molecule has 1 amide bonds. The van der Waals surface area contributed by atoms with E-state index >= 15 is 0 Å². The van der Waals surface area contributed by atoms with Crippen LogP contribution in [-0.2, 0) is 0 Å². The molecule has 0 unspecified atom stereocenters. The van der Waals surface area contributed by atoms with Gasteiger partial charge in [0, 0.05) is 18.0 Å². The van der Waals surface area contributed by atoms with Crippen molar-refractivity contribution >= 4 is 11.7 Å². The molecule has 0 fully saturated rings. The van der Waals surface area contributed by atoms with Gasteiger partial charge in [-0.3, -0.25) is 9.78 Å². The average Bonchev–Trinajstić information content (AvgIpc) is 2.99. The van der Waals surface area contributed by atoms with E-state index in [0.717, 1.165) is 5.69 Å². The number of carbonyl (C=O) groups excluding carboxylic acids is 1. The smallest absolute Gasteiger partial charge is 0.256 e. The molecule has 0 saturated heterocycles. The Labute approximate surface area is 126 Å². The Hall–Kier alpha value is -3.46. The molecular formula is C16H11N5O. The fraction of sp³-hybridized carbons (Fsp3) is 0. The lowest BCUT2D eigenvalue weighted by Gasteiger charge is -2.09. The van der Waals surface area contributed by atoms with Crippen molar-refractivity contribution in [1.82, 2.24) is 14.8 Å². The van der Waals surface area contributed by atoms with Gasteiger partial charge in [0.15, 0.2) is 5.82 Å². The monoisotopic (exact) mass is 289 g/mol. The summed E-state index contributed by atoms with van der Waals surface area (Å²) in [7, 11) is 0. The molecule has 0 bridgehead atoms. The molecule has 2 heterocycles. The number of hydrogen-bond donors (Lipinski definition) is 1. The topological polar surface area (TPSA) is 83.6 Å². The summed E-state index contributed by atoms with van der Waals surface area (Å²) in [5.41, 5.74) is 1.51. The number of benzene rings is 1. The maximum Gasteiger partial charge on any atom is 0.256 e. The van der Waals surface area contributed by atoms with E-state index in [1.807, 2.05) is 36.4 Å². The van der Waals surface area contributed by atoms with E-state index in [1.54, 1.807) is 12.1 Å². The molecule has 0 aliphatic heterocycles. The van der Waals surface area contributed by atoms with Crippen LogP contribution in [0.1, 0.15) is 15.9 Å². The Morgan fingerprint density at radius 2 is 1.86 bits per heavy atom. The van der Waals surface area contributed by atoms with Gasteiger partial charge in [-0.15, -0.1) is 0 Å². The molecule has 106 valence electrons. The third-order valence-electron chi connectivity index (χ3n) is 3.06. The van der Waals surface area contributed by atoms with Crippen molar-refractivity contribution in [3.63, 3.8) is 0 Å². The number of pyridine rings is 1. The van der Waals surface area contributed by atoms with Crippen LogP contribution in [0.5, 0.6) is 0 Å². The molecule has 22 heavy (non-hydrogen) atoms. The zero-order valence-corrected chi connectivity index (χ0v) is 11.5. The number of hydrogen-bond acceptors (Lipinski definition) is 4. The second-order valence-electron chi connectivity index (χ2n) is 4.46. The molecule has 6 heteroatoms. The minimum absolute atomic E-state index is 0.297. The summed E-state index contributed by atoms with van der Waals surface area (Å²) in [6, 6.07) is 14.5. The lowest BCUT2D eigenvalue weighted by Crippen LogP contribution is -2.16. The Bertz CT molecular complexity index is 834. The van der Waals surface area contributed by atoms with Gasteiger partial charge >= 0.3 is 0 Å². The maximum atomic E-state index is 12.3. The normalized spacial score (nSPS) is 9.95. The van der Waals surface area contributed by atoms with E-state index in [9.17, 15) is 10.1 Å². The highest BCUT2D eigenvalue weighted by Gasteiger charge is 2.15. The molecule has 0 aliphatic carbocycles. The third-order valence-corrected chi connectivity index (χ3v) is 3.06. The van der Waals surface area contributed by atoms with Gasteiger partial charge in [-0.05, 0) is 24.3 Å². The van der Waals surface area contributed by atoms with Gasteiger partial charge in [0.25, 0.3) is 5.91 Å². The molecule has 1 N–H and O–H groups in total. The zero-order valence-electron chi connectivity index (χ0n) is 11.5. The lowest BCUT2D eigenvalue weighted by molar-refractivity contribution is 0.102. The highest BCUT2D eigenvalue weighted by Crippen LogP contribution is 2.20. The number of para-hydroxylation sites is 1. The van der Waals surface area contributed by atoms with Crippen molar-refractivity contribution < 1.29 is 4.79 Å². The van der Waals surface area contributed by atoms with Crippen LogP contribution >= 0.6 is 0 Å². The SMILES string of the molecule is N#Cc1cnn(-c2ccccc2)c1NC(=O)c1ccncc1. The number of anilines is 1. The number of rotatable bonds is 3. The predicted octanol–water partition coefficient (Wildman–Crippen LogP) is 2.39. The molecule has 1 aromatic carbocycles. The first kappa shape index (κ1) is 13.5. The van der Waals surface area contributed by atoms with Crippen LogP contribution in [0, 0.1) is 11.3 Å². The van der Waals surface area contributed by atoms with E-state index in [1.165, 1.54) is 23.3 Å². The van der Waals surface area contributed by atoms with Gasteiger partial charge in [-0.25, -0.2) is 4.68 Å². The molecule has 6 nitrogen and oxygen atoms in total. The first-order valence-electron chi connectivity index (χ1n) is 6.54. The van der Waals surface area contributed by atoms with Crippen LogP contribution in [0.4, 0.5) is 5.82 Å². The molecule has 3 aromatic rings. The molecular weight excluding hydrogens is 278 g/mol. The Morgan fingerprint density at radius 3 is 2.55 bits per heavy atom. The van der Waals surface area contributed by atoms with Crippen LogP contribution < -0.4 is 5.32 Å². The molecule has 3 rings (SSSR count). The Kier molecular flexibility index (Phi) is 3.62. The number of amides is 1. The summed E-state index contributed by atoms with van der Waals surface area (Å²) in [4.78, 5) is 16.1. The van der Waals surface area contributed by atoms with Gasteiger partial charge in [0.2, 0.25) is 0 Å². The fourth-order valence-corrected chi connectivity index (χ4v) is 2.00. The number of nitrogens with one attached hydrogen (secondary N) is 1. The van der Waals surface area contributed by atoms with Gasteiger partial charge < -0.3 is 5.32 Å². The summed E-state index contributed by atoms with van der Waals surface area (Å²) in [6.45, 7) is 0. The molecule has 0 saturated carbocycles. The van der Waals surface area contributed by atoms with E-state index in [4.69, 9.17) is 0 Å². The van der Waals surface area contributed by atoms with E-state index < -0.39 is 0 Å². The molecule has 0 radical (unpaired) electrons. The fourth-order valence-electron chi connectivity index (χ4n) is 2.00. The van der Waals surface area contributed by atoms with Crippen LogP contribution in [-0.4, -0.2) is 20.7 Å². The molecule has 0 aliphatic rings. The van der Waals surface area contributed by atoms with Crippen molar-refractivity contribution in [3.8, 4) is 11.8 Å². The first-order chi connectivity index (χ1) is 10.8.